The van der Waals surface area contributed by atoms with Crippen LogP contribution in [0.4, 0.5) is 10.5 Å². The highest BCUT2D eigenvalue weighted by molar-refractivity contribution is 7.99. The summed E-state index contributed by atoms with van der Waals surface area (Å²) in [6.45, 7) is 3.63. The number of aromatic nitrogens is 4. The van der Waals surface area contributed by atoms with Crippen LogP contribution in [0, 0.1) is 6.92 Å². The number of carbonyl (C=O) groups is 2. The van der Waals surface area contributed by atoms with Crippen molar-refractivity contribution in [3.8, 4) is 0 Å². The number of nitrogens with one attached hydrogen (secondary N) is 2. The van der Waals surface area contributed by atoms with E-state index in [1.807, 2.05) is 13.0 Å². The molecule has 1 aliphatic heterocycles. The van der Waals surface area contributed by atoms with Crippen LogP contribution in [-0.2, 0) is 7.05 Å². The van der Waals surface area contributed by atoms with Gasteiger partial charge in [0.25, 0.3) is 5.91 Å². The minimum Gasteiger partial charge on any atom is -0.351 e. The Morgan fingerprint density at radius 3 is 2.96 bits per heavy atom. The van der Waals surface area contributed by atoms with Crippen LogP contribution in [0.25, 0.3) is 0 Å². The molecule has 0 bridgehead atoms. The molecule has 1 aromatic heterocycles. The predicted molar refractivity (Wildman–Crippen MR) is 93.8 cm³/mol. The molecule has 0 atom stereocenters. The molecule has 2 heterocycles. The molecule has 1 aromatic carbocycles. The molecule has 1 saturated heterocycles. The number of urea groups is 1. The van der Waals surface area contributed by atoms with Crippen LogP contribution >= 0.6 is 11.8 Å². The lowest BCUT2D eigenvalue weighted by Crippen LogP contribution is -2.29. The van der Waals surface area contributed by atoms with E-state index in [1.54, 1.807) is 28.8 Å². The van der Waals surface area contributed by atoms with Crippen LogP contribution in [0.2, 0.25) is 0 Å². The molecule has 0 spiro atoms. The number of benzene rings is 1. The molecule has 0 unspecified atom stereocenters. The van der Waals surface area contributed by atoms with E-state index in [1.165, 1.54) is 11.8 Å². The molecule has 1 fully saturated rings. The zero-order chi connectivity index (χ0) is 17.8. The highest BCUT2D eigenvalue weighted by Crippen LogP contribution is 2.23. The highest BCUT2D eigenvalue weighted by atomic mass is 32.2. The van der Waals surface area contributed by atoms with Gasteiger partial charge in [0.15, 0.2) is 0 Å². The minimum absolute atomic E-state index is 0.130. The van der Waals surface area contributed by atoms with E-state index >= 15 is 0 Å². The first kappa shape index (κ1) is 17.2. The largest absolute Gasteiger partial charge is 0.351 e. The first-order chi connectivity index (χ1) is 12.1. The first-order valence-electron chi connectivity index (χ1n) is 7.85. The summed E-state index contributed by atoms with van der Waals surface area (Å²) in [5.74, 6) is 0.491. The van der Waals surface area contributed by atoms with Gasteiger partial charge < -0.3 is 10.6 Å². The van der Waals surface area contributed by atoms with Gasteiger partial charge in [0.2, 0.25) is 5.16 Å². The molecule has 2 aromatic rings. The molecule has 9 nitrogen and oxygen atoms in total. The summed E-state index contributed by atoms with van der Waals surface area (Å²) in [5, 5.41) is 17.5. The van der Waals surface area contributed by atoms with Crippen molar-refractivity contribution >= 4 is 29.4 Å². The Labute approximate surface area is 149 Å². The third-order valence-electron chi connectivity index (χ3n) is 3.82. The van der Waals surface area contributed by atoms with Crippen LogP contribution < -0.4 is 15.5 Å². The highest BCUT2D eigenvalue weighted by Gasteiger charge is 2.23. The molecule has 0 radical (unpaired) electrons. The second kappa shape index (κ2) is 7.51. The van der Waals surface area contributed by atoms with Crippen molar-refractivity contribution < 1.29 is 9.59 Å². The van der Waals surface area contributed by atoms with Gasteiger partial charge in [-0.15, -0.1) is 5.10 Å². The second-order valence-electron chi connectivity index (χ2n) is 5.57. The summed E-state index contributed by atoms with van der Waals surface area (Å²) in [6, 6.07) is 5.25. The Morgan fingerprint density at radius 1 is 1.44 bits per heavy atom. The van der Waals surface area contributed by atoms with Gasteiger partial charge in [-0.1, -0.05) is 17.8 Å². The van der Waals surface area contributed by atoms with Crippen LogP contribution in [-0.4, -0.2) is 57.5 Å². The van der Waals surface area contributed by atoms with Crippen LogP contribution in [0.15, 0.2) is 23.4 Å². The van der Waals surface area contributed by atoms with Gasteiger partial charge in [0.05, 0.1) is 0 Å². The zero-order valence-corrected chi connectivity index (χ0v) is 14.8. The monoisotopic (exact) mass is 361 g/mol. The number of thioether (sulfide) groups is 1. The van der Waals surface area contributed by atoms with E-state index in [2.05, 4.69) is 26.2 Å². The minimum atomic E-state index is -0.169. The van der Waals surface area contributed by atoms with Crippen molar-refractivity contribution in [2.24, 2.45) is 7.05 Å². The number of hydrogen-bond donors (Lipinski definition) is 2. The van der Waals surface area contributed by atoms with Gasteiger partial charge in [0, 0.05) is 43.7 Å². The smallest absolute Gasteiger partial charge is 0.322 e. The summed E-state index contributed by atoms with van der Waals surface area (Å²) in [4.78, 5) is 25.9. The molecular weight excluding hydrogens is 342 g/mol. The van der Waals surface area contributed by atoms with E-state index in [0.717, 1.165) is 11.3 Å². The SMILES string of the molecule is Cc1ccc(C(=O)NCCSc2nnnn2C)cc1N1CCNC1=O. The van der Waals surface area contributed by atoms with Crippen LogP contribution in [0.1, 0.15) is 15.9 Å². The number of hydrogen-bond acceptors (Lipinski definition) is 6. The van der Waals surface area contributed by atoms with Crippen molar-refractivity contribution in [3.63, 3.8) is 0 Å². The number of carbonyl (C=O) groups excluding carboxylic acids is 2. The molecule has 25 heavy (non-hydrogen) atoms. The van der Waals surface area contributed by atoms with Gasteiger partial charge in [-0.3, -0.25) is 9.69 Å². The average Bonchev–Trinajstić information content (AvgIpc) is 3.20. The number of nitrogens with zero attached hydrogens (tertiary/aromatic N) is 5. The number of rotatable bonds is 6. The fourth-order valence-corrected chi connectivity index (χ4v) is 3.20. The molecule has 0 aliphatic carbocycles. The molecule has 1 aliphatic rings. The van der Waals surface area contributed by atoms with Crippen molar-refractivity contribution in [3.05, 3.63) is 29.3 Å². The molecular formula is C15H19N7O2S. The maximum Gasteiger partial charge on any atom is 0.322 e. The van der Waals surface area contributed by atoms with Crippen molar-refractivity contribution in [1.29, 1.82) is 0 Å². The maximum atomic E-state index is 12.3. The molecule has 2 N–H and O–H groups in total. The maximum absolute atomic E-state index is 12.3. The van der Waals surface area contributed by atoms with Crippen molar-refractivity contribution in [2.75, 3.05) is 30.3 Å². The number of amides is 3. The lowest BCUT2D eigenvalue weighted by molar-refractivity contribution is 0.0956. The van der Waals surface area contributed by atoms with E-state index in [9.17, 15) is 9.59 Å². The lowest BCUT2D eigenvalue weighted by atomic mass is 10.1. The molecule has 10 heteroatoms. The molecule has 3 rings (SSSR count). The Balaban J connectivity index is 1.58. The molecule has 3 amide bonds. The molecule has 0 saturated carbocycles. The van der Waals surface area contributed by atoms with Gasteiger partial charge >= 0.3 is 6.03 Å². The van der Waals surface area contributed by atoms with E-state index in [0.29, 0.717) is 36.1 Å². The summed E-state index contributed by atoms with van der Waals surface area (Å²) >= 11 is 1.47. The Bertz CT molecular complexity index is 792. The van der Waals surface area contributed by atoms with E-state index < -0.39 is 0 Å². The summed E-state index contributed by atoms with van der Waals surface area (Å²) < 4.78 is 1.58. The average molecular weight is 361 g/mol. The quantitative estimate of drug-likeness (QED) is 0.576. The fraction of sp³-hybridized carbons (Fsp3) is 0.400. The number of anilines is 1. The summed E-state index contributed by atoms with van der Waals surface area (Å²) in [5.41, 5.74) is 2.26. The third-order valence-corrected chi connectivity index (χ3v) is 4.83. The summed E-state index contributed by atoms with van der Waals surface area (Å²) in [7, 11) is 1.77. The fourth-order valence-electron chi connectivity index (χ4n) is 2.50. The first-order valence-corrected chi connectivity index (χ1v) is 8.84. The number of tetrazole rings is 1. The Hall–Kier alpha value is -2.62. The second-order valence-corrected chi connectivity index (χ2v) is 6.64. The van der Waals surface area contributed by atoms with Gasteiger partial charge in [0.1, 0.15) is 0 Å². The molecule has 132 valence electrons. The van der Waals surface area contributed by atoms with Gasteiger partial charge in [-0.05, 0) is 35.0 Å². The Kier molecular flexibility index (Phi) is 5.17. The normalized spacial score (nSPS) is 13.8. The van der Waals surface area contributed by atoms with E-state index in [4.69, 9.17) is 0 Å². The van der Waals surface area contributed by atoms with Crippen LogP contribution in [0.5, 0.6) is 0 Å². The number of aryl methyl sites for hydroxylation is 2. The predicted octanol–water partition coefficient (Wildman–Crippen LogP) is 0.570. The van der Waals surface area contributed by atoms with Gasteiger partial charge in [-0.25, -0.2) is 9.48 Å². The van der Waals surface area contributed by atoms with Gasteiger partial charge in [-0.2, -0.15) is 0 Å². The Morgan fingerprint density at radius 2 is 2.28 bits per heavy atom. The topological polar surface area (TPSA) is 105 Å². The summed E-state index contributed by atoms with van der Waals surface area (Å²) in [6.07, 6.45) is 0. The van der Waals surface area contributed by atoms with Crippen molar-refractivity contribution in [2.45, 2.75) is 12.1 Å². The van der Waals surface area contributed by atoms with E-state index in [-0.39, 0.29) is 11.9 Å². The van der Waals surface area contributed by atoms with Crippen LogP contribution in [0.3, 0.4) is 0 Å². The zero-order valence-electron chi connectivity index (χ0n) is 14.0. The lowest BCUT2D eigenvalue weighted by Gasteiger charge is -2.18. The third kappa shape index (κ3) is 3.90. The van der Waals surface area contributed by atoms with Crippen molar-refractivity contribution in [1.82, 2.24) is 30.8 Å². The standard InChI is InChI=1S/C15H19N7O2S/c1-10-3-4-11(9-12(10)22-7-5-17-14(22)24)13(23)16-6-8-25-15-18-19-20-21(15)2/h3-4,9H,5-8H2,1-2H3,(H,16,23)(H,17,24).